The maximum absolute atomic E-state index is 13.5. The molecule has 2 aliphatic rings. The van der Waals surface area contributed by atoms with Gasteiger partial charge in [-0.2, -0.15) is 0 Å². The molecular weight excluding hydrogens is 524 g/mol. The first-order valence-electron chi connectivity index (χ1n) is 13.6. The van der Waals surface area contributed by atoms with E-state index in [2.05, 4.69) is 4.90 Å². The van der Waals surface area contributed by atoms with E-state index in [-0.39, 0.29) is 11.3 Å². The van der Waals surface area contributed by atoms with E-state index >= 15 is 0 Å². The highest BCUT2D eigenvalue weighted by Gasteiger charge is 2.47. The number of carbonyl (C=O) groups is 2. The zero-order valence-corrected chi connectivity index (χ0v) is 23.2. The summed E-state index contributed by atoms with van der Waals surface area (Å²) < 4.78 is 22.3. The first-order chi connectivity index (χ1) is 20.0. The lowest BCUT2D eigenvalue weighted by Crippen LogP contribution is -2.42. The van der Waals surface area contributed by atoms with Crippen LogP contribution < -0.4 is 14.2 Å². The number of hydrogen-bond donors (Lipinski definition) is 1. The standard InChI is InChI=1S/C32H34N2O7/c1-38-25-12-13-26(27(20-25)39-2)29-28(31(36)32(37)34(29)15-14-33-16-18-40-19-17-33)30(35)23-8-10-24(11-9-23)41-21-22-6-4-3-5-7-22/h3-13,20,29,35H,14-19,21H2,1-2H3/b30-28+. The lowest BCUT2D eigenvalue weighted by atomic mass is 9.94. The summed E-state index contributed by atoms with van der Waals surface area (Å²) in [5.74, 6) is -0.0215. The third-order valence-electron chi connectivity index (χ3n) is 7.41. The maximum atomic E-state index is 13.5. The number of ketones is 1. The number of nitrogens with zero attached hydrogens (tertiary/aromatic N) is 2. The van der Waals surface area contributed by atoms with Crippen LogP contribution in [0.3, 0.4) is 0 Å². The minimum atomic E-state index is -0.842. The fourth-order valence-corrected chi connectivity index (χ4v) is 5.16. The van der Waals surface area contributed by atoms with Gasteiger partial charge in [-0.1, -0.05) is 30.3 Å². The van der Waals surface area contributed by atoms with Crippen LogP contribution in [0.2, 0.25) is 0 Å². The molecule has 41 heavy (non-hydrogen) atoms. The second kappa shape index (κ2) is 12.9. The molecule has 5 rings (SSSR count). The quantitative estimate of drug-likeness (QED) is 0.226. The fraction of sp³-hybridized carbons (Fsp3) is 0.312. The highest BCUT2D eigenvalue weighted by atomic mass is 16.5. The monoisotopic (exact) mass is 558 g/mol. The van der Waals surface area contributed by atoms with Crippen molar-refractivity contribution in [1.82, 2.24) is 9.80 Å². The second-order valence-electron chi connectivity index (χ2n) is 9.85. The topological polar surface area (TPSA) is 97.8 Å². The predicted molar refractivity (Wildman–Crippen MR) is 153 cm³/mol. The van der Waals surface area contributed by atoms with Crippen molar-refractivity contribution in [2.45, 2.75) is 12.6 Å². The summed E-state index contributed by atoms with van der Waals surface area (Å²) in [7, 11) is 3.07. The summed E-state index contributed by atoms with van der Waals surface area (Å²) in [5, 5.41) is 11.5. The van der Waals surface area contributed by atoms with Crippen molar-refractivity contribution in [3.63, 3.8) is 0 Å². The number of amides is 1. The SMILES string of the molecule is COc1ccc(C2/C(=C(\O)c3ccc(OCc4ccccc4)cc3)C(=O)C(=O)N2CCN2CCOCC2)c(OC)c1. The molecule has 1 N–H and O–H groups in total. The molecule has 0 saturated carbocycles. The van der Waals surface area contributed by atoms with Crippen LogP contribution in [0.5, 0.6) is 17.2 Å². The zero-order valence-electron chi connectivity index (χ0n) is 23.2. The number of hydrogen-bond acceptors (Lipinski definition) is 8. The molecule has 2 heterocycles. The van der Waals surface area contributed by atoms with Gasteiger partial charge in [0.25, 0.3) is 11.7 Å². The first kappa shape index (κ1) is 28.2. The smallest absolute Gasteiger partial charge is 0.295 e. The number of methoxy groups -OCH3 is 2. The van der Waals surface area contributed by atoms with Crippen LogP contribution in [0, 0.1) is 0 Å². The number of Topliss-reactive ketones (excluding diaryl/α,β-unsaturated/α-hetero) is 1. The van der Waals surface area contributed by atoms with E-state index < -0.39 is 17.7 Å². The minimum Gasteiger partial charge on any atom is -0.507 e. The Kier molecular flexibility index (Phi) is 8.86. The molecule has 9 heteroatoms. The molecule has 214 valence electrons. The zero-order chi connectivity index (χ0) is 28.8. The third-order valence-corrected chi connectivity index (χ3v) is 7.41. The van der Waals surface area contributed by atoms with Gasteiger partial charge in [-0.05, 0) is 42.0 Å². The number of ether oxygens (including phenoxy) is 4. The Morgan fingerprint density at radius 2 is 1.61 bits per heavy atom. The van der Waals surface area contributed by atoms with Crippen molar-refractivity contribution < 1.29 is 33.6 Å². The van der Waals surface area contributed by atoms with Crippen molar-refractivity contribution in [2.24, 2.45) is 0 Å². The van der Waals surface area contributed by atoms with Crippen LogP contribution in [0.4, 0.5) is 0 Å². The molecule has 9 nitrogen and oxygen atoms in total. The molecule has 3 aromatic rings. The number of likely N-dealkylation sites (tertiary alicyclic amines) is 1. The van der Waals surface area contributed by atoms with Crippen molar-refractivity contribution in [3.05, 3.63) is 95.1 Å². The lowest BCUT2D eigenvalue weighted by molar-refractivity contribution is -0.140. The van der Waals surface area contributed by atoms with Gasteiger partial charge in [-0.15, -0.1) is 0 Å². The summed E-state index contributed by atoms with van der Waals surface area (Å²) in [6, 6.07) is 21.0. The van der Waals surface area contributed by atoms with Crippen LogP contribution in [0.15, 0.2) is 78.4 Å². The summed E-state index contributed by atoms with van der Waals surface area (Å²) >= 11 is 0. The summed E-state index contributed by atoms with van der Waals surface area (Å²) in [5.41, 5.74) is 2.03. The van der Waals surface area contributed by atoms with E-state index in [1.165, 1.54) is 12.0 Å². The summed E-state index contributed by atoms with van der Waals surface area (Å²) in [4.78, 5) is 30.6. The van der Waals surface area contributed by atoms with Gasteiger partial charge in [-0.25, -0.2) is 0 Å². The minimum absolute atomic E-state index is 0.0124. The largest absolute Gasteiger partial charge is 0.507 e. The van der Waals surface area contributed by atoms with Crippen LogP contribution in [-0.4, -0.2) is 80.2 Å². The van der Waals surface area contributed by atoms with E-state index in [0.717, 1.165) is 18.7 Å². The highest BCUT2D eigenvalue weighted by molar-refractivity contribution is 6.46. The van der Waals surface area contributed by atoms with Crippen molar-refractivity contribution in [1.29, 1.82) is 0 Å². The van der Waals surface area contributed by atoms with E-state index in [0.29, 0.717) is 61.3 Å². The number of rotatable bonds is 10. The summed E-state index contributed by atoms with van der Waals surface area (Å²) in [6.07, 6.45) is 0. The molecule has 1 unspecified atom stereocenters. The number of benzene rings is 3. The second-order valence-corrected chi connectivity index (χ2v) is 9.85. The third kappa shape index (κ3) is 6.21. The molecule has 1 atom stereocenters. The van der Waals surface area contributed by atoms with Crippen molar-refractivity contribution >= 4 is 17.4 Å². The Morgan fingerprint density at radius 3 is 2.29 bits per heavy atom. The molecule has 0 spiro atoms. The van der Waals surface area contributed by atoms with E-state index in [1.807, 2.05) is 30.3 Å². The molecular formula is C32H34N2O7. The fourth-order valence-electron chi connectivity index (χ4n) is 5.16. The molecule has 2 fully saturated rings. The van der Waals surface area contributed by atoms with Crippen LogP contribution >= 0.6 is 0 Å². The Morgan fingerprint density at radius 1 is 0.902 bits per heavy atom. The maximum Gasteiger partial charge on any atom is 0.295 e. The number of aliphatic hydroxyl groups is 1. The van der Waals surface area contributed by atoms with Gasteiger partial charge in [0.15, 0.2) is 0 Å². The van der Waals surface area contributed by atoms with Gasteiger partial charge >= 0.3 is 0 Å². The van der Waals surface area contributed by atoms with Gasteiger partial charge < -0.3 is 29.0 Å². The number of morpholine rings is 1. The molecule has 2 aliphatic heterocycles. The van der Waals surface area contributed by atoms with Gasteiger partial charge in [0.2, 0.25) is 0 Å². The molecule has 0 radical (unpaired) electrons. The Hall–Kier alpha value is -4.34. The molecule has 2 saturated heterocycles. The molecule has 0 bridgehead atoms. The van der Waals surface area contributed by atoms with E-state index in [9.17, 15) is 14.7 Å². The van der Waals surface area contributed by atoms with Gasteiger partial charge in [0, 0.05) is 43.4 Å². The normalized spacial score (nSPS) is 18.9. The number of aliphatic hydroxyl groups excluding tert-OH is 1. The first-order valence-corrected chi connectivity index (χ1v) is 13.6. The highest BCUT2D eigenvalue weighted by Crippen LogP contribution is 2.43. The Labute approximate surface area is 239 Å². The van der Waals surface area contributed by atoms with Crippen molar-refractivity contribution in [3.8, 4) is 17.2 Å². The average molecular weight is 559 g/mol. The lowest BCUT2D eigenvalue weighted by Gasteiger charge is -2.31. The van der Waals surface area contributed by atoms with E-state index in [4.69, 9.17) is 18.9 Å². The Balaban J connectivity index is 1.47. The number of carbonyl (C=O) groups excluding carboxylic acids is 2. The average Bonchev–Trinajstić information content (AvgIpc) is 3.28. The van der Waals surface area contributed by atoms with Crippen LogP contribution in [0.1, 0.15) is 22.7 Å². The van der Waals surface area contributed by atoms with Gasteiger partial charge in [0.1, 0.15) is 29.6 Å². The van der Waals surface area contributed by atoms with Gasteiger partial charge in [0.05, 0.1) is 39.0 Å². The van der Waals surface area contributed by atoms with E-state index in [1.54, 1.807) is 49.6 Å². The molecule has 0 aromatic heterocycles. The molecule has 3 aromatic carbocycles. The Bertz CT molecular complexity index is 1400. The predicted octanol–water partition coefficient (Wildman–Crippen LogP) is 4.04. The van der Waals surface area contributed by atoms with Crippen LogP contribution in [-0.2, 0) is 20.9 Å². The van der Waals surface area contributed by atoms with Gasteiger partial charge in [-0.3, -0.25) is 14.5 Å². The summed E-state index contributed by atoms with van der Waals surface area (Å²) in [6.45, 7) is 4.02. The van der Waals surface area contributed by atoms with Crippen LogP contribution in [0.25, 0.3) is 5.76 Å². The molecule has 1 amide bonds. The molecule has 0 aliphatic carbocycles. The van der Waals surface area contributed by atoms with Crippen molar-refractivity contribution in [2.75, 3.05) is 53.6 Å².